The summed E-state index contributed by atoms with van der Waals surface area (Å²) >= 11 is 8.91. The monoisotopic (exact) mass is 816 g/mol. The predicted octanol–water partition coefficient (Wildman–Crippen LogP) is 7.95. The van der Waals surface area contributed by atoms with Gasteiger partial charge >= 0.3 is 0 Å². The Morgan fingerprint density at radius 1 is 1.02 bits per heavy atom. The highest BCUT2D eigenvalue weighted by Gasteiger charge is 2.52. The van der Waals surface area contributed by atoms with Crippen LogP contribution in [-0.2, 0) is 32.2 Å². The fourth-order valence-corrected chi connectivity index (χ4v) is 8.45. The number of ether oxygens (including phenoxy) is 6. The van der Waals surface area contributed by atoms with Gasteiger partial charge in [-0.05, 0) is 41.5 Å². The van der Waals surface area contributed by atoms with E-state index in [4.69, 9.17) is 40.0 Å². The van der Waals surface area contributed by atoms with Crippen molar-refractivity contribution in [1.29, 1.82) is 5.26 Å². The molecule has 56 heavy (non-hydrogen) atoms. The SMILES string of the molecule is COc1ccc(COc2c(F)cc(CO[C@H]3C(n4cc(-c5nccs5)nn4)[C@H]4OC(c5ccccc5)OCC4O[C@@H]3Sc3cc(Cl)cnc3C#N)cc2F)cc1. The summed E-state index contributed by atoms with van der Waals surface area (Å²) in [6.07, 6.45) is 1.78. The highest BCUT2D eigenvalue weighted by Crippen LogP contribution is 2.45. The predicted molar refractivity (Wildman–Crippen MR) is 201 cm³/mol. The van der Waals surface area contributed by atoms with Crippen molar-refractivity contribution in [1.82, 2.24) is 25.0 Å². The minimum absolute atomic E-state index is 0.0617. The van der Waals surface area contributed by atoms with Gasteiger partial charge in [-0.1, -0.05) is 71.0 Å². The average Bonchev–Trinajstić information content (AvgIpc) is 3.94. The Labute approximate surface area is 332 Å². The number of benzene rings is 3. The number of halogens is 3. The Morgan fingerprint density at radius 2 is 1.82 bits per heavy atom. The zero-order valence-electron chi connectivity index (χ0n) is 29.4. The second-order valence-electron chi connectivity index (χ2n) is 12.7. The molecule has 5 heterocycles. The van der Waals surface area contributed by atoms with E-state index in [1.54, 1.807) is 54.5 Å². The average molecular weight is 817 g/mol. The lowest BCUT2D eigenvalue weighted by atomic mass is 9.95. The fraction of sp³-hybridized carbons (Fsp3) is 0.256. The zero-order chi connectivity index (χ0) is 38.6. The van der Waals surface area contributed by atoms with E-state index < -0.39 is 53.5 Å². The maximum absolute atomic E-state index is 15.5. The summed E-state index contributed by atoms with van der Waals surface area (Å²) in [6.45, 7) is -0.170. The molecule has 6 aromatic rings. The van der Waals surface area contributed by atoms with Crippen LogP contribution in [0.1, 0.15) is 34.7 Å². The molecule has 2 aliphatic heterocycles. The third-order valence-electron chi connectivity index (χ3n) is 9.06. The van der Waals surface area contributed by atoms with Crippen LogP contribution in [0.3, 0.4) is 0 Å². The van der Waals surface area contributed by atoms with Gasteiger partial charge in [0, 0.05) is 28.2 Å². The van der Waals surface area contributed by atoms with E-state index in [9.17, 15) is 5.26 Å². The first-order valence-electron chi connectivity index (χ1n) is 17.2. The topological polar surface area (TPSA) is 136 Å². The zero-order valence-corrected chi connectivity index (χ0v) is 31.8. The Morgan fingerprint density at radius 3 is 2.55 bits per heavy atom. The molecule has 0 spiro atoms. The third kappa shape index (κ3) is 8.25. The molecule has 0 aliphatic carbocycles. The molecule has 0 bridgehead atoms. The van der Waals surface area contributed by atoms with Gasteiger partial charge < -0.3 is 28.4 Å². The molecule has 3 aromatic carbocycles. The normalized spacial score (nSPS) is 21.9. The summed E-state index contributed by atoms with van der Waals surface area (Å²) in [7, 11) is 1.55. The molecule has 8 rings (SSSR count). The molecule has 6 atom stereocenters. The van der Waals surface area contributed by atoms with Gasteiger partial charge in [0.15, 0.2) is 29.4 Å². The standard InChI is InChI=1S/C39H31ClF2N6O6S2/c1-49-26-9-7-22(8-10-26)19-50-34-27(41)13-23(14-28(34)42)20-51-36-33(48-18-30(46-47-48)37-44-11-12-55-37)35-31(21-52-38(54-35)24-5-3-2-4-6-24)53-39(36)56-32-15-25(40)17-45-29(32)16-43/h2-15,17-18,31,33,35-36,38-39H,19-21H2,1H3/t31?,33?,35-,36-,38?,39+/m0/s1. The largest absolute Gasteiger partial charge is 0.497 e. The smallest absolute Gasteiger partial charge is 0.191 e. The summed E-state index contributed by atoms with van der Waals surface area (Å²) in [4.78, 5) is 9.02. The molecule has 0 saturated carbocycles. The molecule has 2 fully saturated rings. The van der Waals surface area contributed by atoms with Crippen LogP contribution in [0.2, 0.25) is 5.02 Å². The van der Waals surface area contributed by atoms with Crippen molar-refractivity contribution in [2.75, 3.05) is 13.7 Å². The van der Waals surface area contributed by atoms with Crippen molar-refractivity contribution in [2.24, 2.45) is 0 Å². The Balaban J connectivity index is 1.13. The van der Waals surface area contributed by atoms with Gasteiger partial charge in [0.25, 0.3) is 0 Å². The Bertz CT molecular complexity index is 2290. The lowest BCUT2D eigenvalue weighted by Crippen LogP contribution is -2.59. The number of nitriles is 1. The lowest BCUT2D eigenvalue weighted by molar-refractivity contribution is -0.311. The summed E-state index contributed by atoms with van der Waals surface area (Å²) in [5, 5.41) is 21.6. The summed E-state index contributed by atoms with van der Waals surface area (Å²) in [5.41, 5.74) is 1.49. The van der Waals surface area contributed by atoms with E-state index in [0.29, 0.717) is 31.9 Å². The second-order valence-corrected chi connectivity index (χ2v) is 15.1. The maximum atomic E-state index is 15.5. The molecule has 12 nitrogen and oxygen atoms in total. The van der Waals surface area contributed by atoms with E-state index >= 15 is 8.78 Å². The first kappa shape index (κ1) is 37.9. The lowest BCUT2D eigenvalue weighted by Gasteiger charge is -2.49. The van der Waals surface area contributed by atoms with Gasteiger partial charge in [0.2, 0.25) is 0 Å². The van der Waals surface area contributed by atoms with Crippen LogP contribution in [0.4, 0.5) is 8.78 Å². The van der Waals surface area contributed by atoms with Crippen molar-refractivity contribution >= 4 is 34.7 Å². The third-order valence-corrected chi connectivity index (χ3v) is 11.2. The molecule has 0 radical (unpaired) electrons. The van der Waals surface area contributed by atoms with Gasteiger partial charge in [-0.25, -0.2) is 23.4 Å². The van der Waals surface area contributed by atoms with E-state index in [1.165, 1.54) is 29.3 Å². The van der Waals surface area contributed by atoms with Crippen molar-refractivity contribution < 1.29 is 37.2 Å². The fourth-order valence-electron chi connectivity index (χ4n) is 6.41. The molecule has 286 valence electrons. The summed E-state index contributed by atoms with van der Waals surface area (Å²) in [6, 6.07) is 21.7. The first-order valence-corrected chi connectivity index (χ1v) is 19.4. The number of aromatic nitrogens is 5. The number of nitrogens with zero attached hydrogens (tertiary/aromatic N) is 6. The van der Waals surface area contributed by atoms with Crippen LogP contribution in [0.15, 0.2) is 102 Å². The summed E-state index contributed by atoms with van der Waals surface area (Å²) in [5.74, 6) is -1.66. The maximum Gasteiger partial charge on any atom is 0.191 e. The minimum atomic E-state index is -0.927. The molecular formula is C39H31ClF2N6O6S2. The number of methoxy groups -OCH3 is 1. The number of thiazole rings is 1. The van der Waals surface area contributed by atoms with Crippen LogP contribution in [0.5, 0.6) is 11.5 Å². The van der Waals surface area contributed by atoms with Gasteiger partial charge in [-0.15, -0.1) is 16.4 Å². The van der Waals surface area contributed by atoms with Gasteiger partial charge in [-0.2, -0.15) is 5.26 Å². The second kappa shape index (κ2) is 17.0. The van der Waals surface area contributed by atoms with Gasteiger partial charge in [0.05, 0.1) is 31.5 Å². The van der Waals surface area contributed by atoms with Crippen molar-refractivity contribution in [3.63, 3.8) is 0 Å². The molecule has 17 heteroatoms. The van der Waals surface area contributed by atoms with Gasteiger partial charge in [-0.3, -0.25) is 0 Å². The number of thioether (sulfide) groups is 1. The number of fused-ring (bicyclic) bond motifs is 1. The molecule has 3 aromatic heterocycles. The van der Waals surface area contributed by atoms with E-state index in [-0.39, 0.29) is 31.1 Å². The molecule has 0 N–H and O–H groups in total. The first-order chi connectivity index (χ1) is 27.4. The molecular weight excluding hydrogens is 786 g/mol. The minimum Gasteiger partial charge on any atom is -0.497 e. The summed E-state index contributed by atoms with van der Waals surface area (Å²) < 4.78 is 69.5. The van der Waals surface area contributed by atoms with Gasteiger partial charge in [0.1, 0.15) is 58.9 Å². The molecule has 0 amide bonds. The number of hydrogen-bond donors (Lipinski definition) is 0. The number of rotatable bonds is 12. The van der Waals surface area contributed by atoms with Crippen LogP contribution >= 0.6 is 34.7 Å². The van der Waals surface area contributed by atoms with Crippen LogP contribution in [0, 0.1) is 23.0 Å². The van der Waals surface area contributed by atoms with Crippen LogP contribution < -0.4 is 9.47 Å². The highest BCUT2D eigenvalue weighted by molar-refractivity contribution is 7.99. The van der Waals surface area contributed by atoms with E-state index in [1.807, 2.05) is 35.7 Å². The molecule has 2 aliphatic rings. The van der Waals surface area contributed by atoms with Crippen molar-refractivity contribution in [3.05, 3.63) is 136 Å². The molecule has 3 unspecified atom stereocenters. The van der Waals surface area contributed by atoms with Crippen LogP contribution in [-0.4, -0.2) is 62.4 Å². The highest BCUT2D eigenvalue weighted by atomic mass is 35.5. The van der Waals surface area contributed by atoms with Crippen LogP contribution in [0.25, 0.3) is 10.7 Å². The van der Waals surface area contributed by atoms with Crippen molar-refractivity contribution in [2.45, 2.75) is 54.2 Å². The number of pyridine rings is 1. The van der Waals surface area contributed by atoms with E-state index in [2.05, 4.69) is 26.3 Å². The Kier molecular flexibility index (Phi) is 11.5. The van der Waals surface area contributed by atoms with Crippen molar-refractivity contribution in [3.8, 4) is 28.3 Å². The quantitative estimate of drug-likeness (QED) is 0.119. The van der Waals surface area contributed by atoms with E-state index in [0.717, 1.165) is 17.7 Å². The Hall–Kier alpha value is -4.99. The molecule has 2 saturated heterocycles. The number of hydrogen-bond acceptors (Lipinski definition) is 13.